The van der Waals surface area contributed by atoms with Crippen molar-refractivity contribution in [2.75, 3.05) is 23.7 Å². The summed E-state index contributed by atoms with van der Waals surface area (Å²) < 4.78 is 26.2. The summed E-state index contributed by atoms with van der Waals surface area (Å²) in [6.07, 6.45) is 2.75. The number of rotatable bonds is 11. The number of unbranched alkanes of at least 4 members (excludes halogenated alkanes) is 1. The molecule has 0 aliphatic heterocycles. The van der Waals surface area contributed by atoms with Crippen LogP contribution in [0.25, 0.3) is 0 Å². The normalized spacial score (nSPS) is 12.2. The summed E-state index contributed by atoms with van der Waals surface area (Å²) in [6, 6.07) is 11.0. The van der Waals surface area contributed by atoms with E-state index in [0.717, 1.165) is 29.0 Å². The number of carbonyl (C=O) groups is 2. The van der Waals surface area contributed by atoms with Gasteiger partial charge in [-0.25, -0.2) is 8.42 Å². The highest BCUT2D eigenvalue weighted by Crippen LogP contribution is 2.26. The van der Waals surface area contributed by atoms with Gasteiger partial charge in [0.15, 0.2) is 0 Å². The summed E-state index contributed by atoms with van der Waals surface area (Å²) in [5.41, 5.74) is 1.70. The highest BCUT2D eigenvalue weighted by Gasteiger charge is 2.30. The standard InChI is InChI=1S/C24H31Cl2N3O4S/c1-5-6-13-27-24(31)18(3)28(15-19-9-7-8-10-21(19)25)23(30)16-29(34(4,32)33)20-12-11-17(2)22(26)14-20/h7-12,14,18H,5-6,13,15-16H2,1-4H3,(H,27,31). The van der Waals surface area contributed by atoms with Gasteiger partial charge in [0.25, 0.3) is 0 Å². The second kappa shape index (κ2) is 12.4. The monoisotopic (exact) mass is 527 g/mol. The zero-order valence-electron chi connectivity index (χ0n) is 19.8. The average Bonchev–Trinajstić information content (AvgIpc) is 2.77. The molecule has 34 heavy (non-hydrogen) atoms. The molecule has 1 atom stereocenters. The lowest BCUT2D eigenvalue weighted by molar-refractivity contribution is -0.139. The van der Waals surface area contributed by atoms with Gasteiger partial charge in [0.2, 0.25) is 21.8 Å². The topological polar surface area (TPSA) is 86.8 Å². The van der Waals surface area contributed by atoms with Crippen molar-refractivity contribution in [2.24, 2.45) is 0 Å². The number of aryl methyl sites for hydroxylation is 1. The number of nitrogens with one attached hydrogen (secondary N) is 1. The molecular weight excluding hydrogens is 497 g/mol. The average molecular weight is 529 g/mol. The maximum atomic E-state index is 13.5. The molecule has 2 aromatic rings. The lowest BCUT2D eigenvalue weighted by Gasteiger charge is -2.31. The molecule has 0 fully saturated rings. The van der Waals surface area contributed by atoms with E-state index in [-0.39, 0.29) is 18.1 Å². The molecule has 0 radical (unpaired) electrons. The van der Waals surface area contributed by atoms with Gasteiger partial charge >= 0.3 is 0 Å². The number of hydrogen-bond acceptors (Lipinski definition) is 4. The second-order valence-corrected chi connectivity index (χ2v) is 10.9. The lowest BCUT2D eigenvalue weighted by Crippen LogP contribution is -2.51. The third-order valence-corrected chi connectivity index (χ3v) is 7.33. The van der Waals surface area contributed by atoms with Crippen molar-refractivity contribution in [3.63, 3.8) is 0 Å². The fourth-order valence-electron chi connectivity index (χ4n) is 3.28. The van der Waals surface area contributed by atoms with E-state index in [1.54, 1.807) is 50.2 Å². The molecule has 2 aromatic carbocycles. The number of benzene rings is 2. The van der Waals surface area contributed by atoms with E-state index in [9.17, 15) is 18.0 Å². The van der Waals surface area contributed by atoms with E-state index in [4.69, 9.17) is 23.2 Å². The molecule has 0 saturated carbocycles. The van der Waals surface area contributed by atoms with Crippen molar-refractivity contribution in [2.45, 2.75) is 46.2 Å². The van der Waals surface area contributed by atoms with Crippen LogP contribution in [0.5, 0.6) is 0 Å². The highest BCUT2D eigenvalue weighted by molar-refractivity contribution is 7.92. The number of hydrogen-bond donors (Lipinski definition) is 1. The third kappa shape index (κ3) is 7.61. The predicted octanol–water partition coefficient (Wildman–Crippen LogP) is 4.40. The van der Waals surface area contributed by atoms with Crippen LogP contribution in [0.4, 0.5) is 5.69 Å². The van der Waals surface area contributed by atoms with Gasteiger partial charge in [-0.1, -0.05) is 60.8 Å². The van der Waals surface area contributed by atoms with Gasteiger partial charge in [0.05, 0.1) is 11.9 Å². The van der Waals surface area contributed by atoms with Gasteiger partial charge < -0.3 is 10.2 Å². The molecule has 0 aliphatic carbocycles. The fraction of sp³-hybridized carbons (Fsp3) is 0.417. The van der Waals surface area contributed by atoms with Crippen LogP contribution in [-0.4, -0.2) is 50.5 Å². The van der Waals surface area contributed by atoms with Gasteiger partial charge in [0.1, 0.15) is 12.6 Å². The van der Waals surface area contributed by atoms with Crippen molar-refractivity contribution in [3.05, 3.63) is 63.6 Å². The quantitative estimate of drug-likeness (QED) is 0.438. The minimum absolute atomic E-state index is 0.0487. The van der Waals surface area contributed by atoms with Crippen LogP contribution in [0, 0.1) is 6.92 Å². The van der Waals surface area contributed by atoms with E-state index in [0.29, 0.717) is 22.2 Å². The molecule has 0 saturated heterocycles. The van der Waals surface area contributed by atoms with Crippen LogP contribution < -0.4 is 9.62 Å². The summed E-state index contributed by atoms with van der Waals surface area (Å²) in [5, 5.41) is 3.67. The van der Waals surface area contributed by atoms with Gasteiger partial charge in [0, 0.05) is 23.1 Å². The Morgan fingerprint density at radius 3 is 2.35 bits per heavy atom. The molecule has 0 aromatic heterocycles. The van der Waals surface area contributed by atoms with Gasteiger partial charge in [-0.3, -0.25) is 13.9 Å². The highest BCUT2D eigenvalue weighted by atomic mass is 35.5. The number of halogens is 2. The van der Waals surface area contributed by atoms with Crippen molar-refractivity contribution in [3.8, 4) is 0 Å². The Balaban J connectivity index is 2.38. The first-order valence-electron chi connectivity index (χ1n) is 11.0. The number of nitrogens with zero attached hydrogens (tertiary/aromatic N) is 2. The smallest absolute Gasteiger partial charge is 0.244 e. The number of anilines is 1. The van der Waals surface area contributed by atoms with Crippen LogP contribution in [-0.2, 0) is 26.2 Å². The summed E-state index contributed by atoms with van der Waals surface area (Å²) in [5.74, 6) is -0.863. The minimum atomic E-state index is -3.82. The Labute approximate surface area is 212 Å². The minimum Gasteiger partial charge on any atom is -0.354 e. The molecule has 186 valence electrons. The van der Waals surface area contributed by atoms with Crippen LogP contribution in [0.3, 0.4) is 0 Å². The Morgan fingerprint density at radius 2 is 1.76 bits per heavy atom. The zero-order valence-corrected chi connectivity index (χ0v) is 22.2. The van der Waals surface area contributed by atoms with E-state index in [1.807, 2.05) is 6.92 Å². The first-order valence-corrected chi connectivity index (χ1v) is 13.6. The first-order chi connectivity index (χ1) is 16.0. The molecule has 0 bridgehead atoms. The van der Waals surface area contributed by atoms with Crippen LogP contribution in [0.15, 0.2) is 42.5 Å². The van der Waals surface area contributed by atoms with Crippen LogP contribution in [0.2, 0.25) is 10.0 Å². The lowest BCUT2D eigenvalue weighted by atomic mass is 10.1. The fourth-order valence-corrected chi connectivity index (χ4v) is 4.49. The van der Waals surface area contributed by atoms with Crippen molar-refractivity contribution in [1.82, 2.24) is 10.2 Å². The SMILES string of the molecule is CCCCNC(=O)C(C)N(Cc1ccccc1Cl)C(=O)CN(c1ccc(C)c(Cl)c1)S(C)(=O)=O. The molecule has 1 unspecified atom stereocenters. The van der Waals surface area contributed by atoms with Gasteiger partial charge in [-0.05, 0) is 49.6 Å². The van der Waals surface area contributed by atoms with E-state index >= 15 is 0 Å². The van der Waals surface area contributed by atoms with Crippen LogP contribution >= 0.6 is 23.2 Å². The van der Waals surface area contributed by atoms with Crippen molar-refractivity contribution >= 4 is 50.7 Å². The molecule has 0 heterocycles. The third-order valence-electron chi connectivity index (χ3n) is 5.42. The molecule has 0 aliphatic rings. The number of carbonyl (C=O) groups excluding carboxylic acids is 2. The Kier molecular flexibility index (Phi) is 10.2. The van der Waals surface area contributed by atoms with E-state index in [2.05, 4.69) is 5.32 Å². The molecule has 7 nitrogen and oxygen atoms in total. The number of sulfonamides is 1. The first kappa shape index (κ1) is 28.0. The van der Waals surface area contributed by atoms with Crippen molar-refractivity contribution in [1.29, 1.82) is 0 Å². The molecule has 2 rings (SSSR count). The summed E-state index contributed by atoms with van der Waals surface area (Å²) >= 11 is 12.5. The predicted molar refractivity (Wildman–Crippen MR) is 138 cm³/mol. The summed E-state index contributed by atoms with van der Waals surface area (Å²) in [7, 11) is -3.82. The maximum absolute atomic E-state index is 13.5. The van der Waals surface area contributed by atoms with E-state index < -0.39 is 28.5 Å². The molecule has 2 amide bonds. The summed E-state index contributed by atoms with van der Waals surface area (Å²) in [4.78, 5) is 27.6. The van der Waals surface area contributed by atoms with Gasteiger partial charge in [-0.15, -0.1) is 0 Å². The largest absolute Gasteiger partial charge is 0.354 e. The zero-order chi connectivity index (χ0) is 25.5. The Bertz CT molecular complexity index is 1120. The maximum Gasteiger partial charge on any atom is 0.244 e. The molecule has 1 N–H and O–H groups in total. The van der Waals surface area contributed by atoms with E-state index in [1.165, 1.54) is 11.0 Å². The molecule has 10 heteroatoms. The summed E-state index contributed by atoms with van der Waals surface area (Å²) in [6.45, 7) is 5.48. The van der Waals surface area contributed by atoms with Crippen LogP contribution in [0.1, 0.15) is 37.8 Å². The number of amides is 2. The molecule has 0 spiro atoms. The Hall–Kier alpha value is -2.29. The van der Waals surface area contributed by atoms with Crippen molar-refractivity contribution < 1.29 is 18.0 Å². The Morgan fingerprint density at radius 1 is 1.09 bits per heavy atom. The molecular formula is C24H31Cl2N3O4S. The van der Waals surface area contributed by atoms with Gasteiger partial charge in [-0.2, -0.15) is 0 Å². The second-order valence-electron chi connectivity index (χ2n) is 8.14.